The molecule has 0 amide bonds. The Labute approximate surface area is 158 Å². The van der Waals surface area contributed by atoms with Crippen molar-refractivity contribution in [3.8, 4) is 0 Å². The summed E-state index contributed by atoms with van der Waals surface area (Å²) in [4.78, 5) is 0.0518. The zero-order chi connectivity index (χ0) is 19.0. The van der Waals surface area contributed by atoms with E-state index >= 15 is 0 Å². The first-order valence-electron chi connectivity index (χ1n) is 9.98. The Bertz CT molecular complexity index is 809. The Morgan fingerprint density at radius 3 is 1.96 bits per heavy atom. The summed E-state index contributed by atoms with van der Waals surface area (Å²) >= 11 is 0. The highest BCUT2D eigenvalue weighted by molar-refractivity contribution is 7.86. The lowest BCUT2D eigenvalue weighted by Crippen LogP contribution is -2.01. The van der Waals surface area contributed by atoms with Crippen LogP contribution in [0.5, 0.6) is 0 Å². The lowest BCUT2D eigenvalue weighted by Gasteiger charge is -2.11. The summed E-state index contributed by atoms with van der Waals surface area (Å²) in [6, 6.07) is 9.74. The first-order valence-corrected chi connectivity index (χ1v) is 11.4. The van der Waals surface area contributed by atoms with Crippen LogP contribution in [0.4, 0.5) is 0 Å². The summed E-state index contributed by atoms with van der Waals surface area (Å²) in [6.07, 6.45) is 11.1. The number of benzene rings is 2. The molecule has 0 saturated heterocycles. The minimum absolute atomic E-state index is 0.0518. The molecule has 0 aromatic heterocycles. The van der Waals surface area contributed by atoms with Gasteiger partial charge in [-0.25, -0.2) is 0 Å². The van der Waals surface area contributed by atoms with E-state index < -0.39 is 10.1 Å². The zero-order valence-corrected chi connectivity index (χ0v) is 16.9. The van der Waals surface area contributed by atoms with E-state index in [0.29, 0.717) is 5.39 Å². The molecule has 0 fully saturated rings. The van der Waals surface area contributed by atoms with Crippen LogP contribution in [0.1, 0.15) is 76.3 Å². The number of aryl methyl sites for hydroxylation is 2. The van der Waals surface area contributed by atoms with Crippen LogP contribution < -0.4 is 0 Å². The van der Waals surface area contributed by atoms with Crippen LogP contribution >= 0.6 is 0 Å². The van der Waals surface area contributed by atoms with Gasteiger partial charge in [0.05, 0.1) is 0 Å². The summed E-state index contributed by atoms with van der Waals surface area (Å²) in [5.74, 6) is 0. The number of hydrogen-bond acceptors (Lipinski definition) is 2. The highest BCUT2D eigenvalue weighted by atomic mass is 32.2. The third-order valence-electron chi connectivity index (χ3n) is 4.96. The topological polar surface area (TPSA) is 54.4 Å². The summed E-state index contributed by atoms with van der Waals surface area (Å²) in [7, 11) is -4.23. The van der Waals surface area contributed by atoms with Crippen molar-refractivity contribution in [1.82, 2.24) is 0 Å². The third kappa shape index (κ3) is 6.10. The third-order valence-corrected chi connectivity index (χ3v) is 5.85. The Morgan fingerprint density at radius 1 is 0.769 bits per heavy atom. The molecular formula is C22H32O3S. The van der Waals surface area contributed by atoms with Gasteiger partial charge in [0.25, 0.3) is 10.1 Å². The molecule has 0 aliphatic heterocycles. The van der Waals surface area contributed by atoms with Crippen molar-refractivity contribution in [2.24, 2.45) is 0 Å². The van der Waals surface area contributed by atoms with E-state index in [0.717, 1.165) is 48.6 Å². The molecule has 26 heavy (non-hydrogen) atoms. The average Bonchev–Trinajstić information content (AvgIpc) is 2.61. The molecule has 0 spiro atoms. The largest absolute Gasteiger partial charge is 0.295 e. The summed E-state index contributed by atoms with van der Waals surface area (Å²) in [5.41, 5.74) is 2.12. The molecule has 3 nitrogen and oxygen atoms in total. The quantitative estimate of drug-likeness (QED) is 0.368. The standard InChI is InChI=1S/C22H32O3S/c1-3-5-7-9-11-18-13-14-20-15-19(12-10-8-6-4-2)17-22(21(20)16-18)26(23,24)25/h13-17H,3-12H2,1-2H3,(H,23,24,25). The SMILES string of the molecule is CCCCCCc1cc(S(=O)(=O)O)c2cc(CCCCCC)ccc2c1. The molecule has 2 rings (SSSR count). The molecule has 0 unspecified atom stereocenters. The van der Waals surface area contributed by atoms with E-state index in [2.05, 4.69) is 26.0 Å². The lowest BCUT2D eigenvalue weighted by atomic mass is 9.98. The van der Waals surface area contributed by atoms with E-state index in [1.165, 1.54) is 32.1 Å². The predicted octanol–water partition coefficient (Wildman–Crippen LogP) is 6.33. The fraction of sp³-hybridized carbons (Fsp3) is 0.545. The maximum absolute atomic E-state index is 11.9. The molecule has 0 bridgehead atoms. The van der Waals surface area contributed by atoms with Gasteiger partial charge in [-0.15, -0.1) is 0 Å². The van der Waals surface area contributed by atoms with Crippen LogP contribution in [0, 0.1) is 0 Å². The molecule has 4 heteroatoms. The molecular weight excluding hydrogens is 344 g/mol. The van der Waals surface area contributed by atoms with Gasteiger partial charge >= 0.3 is 0 Å². The monoisotopic (exact) mass is 376 g/mol. The second-order valence-corrected chi connectivity index (χ2v) is 8.64. The second-order valence-electron chi connectivity index (χ2n) is 7.25. The van der Waals surface area contributed by atoms with Gasteiger partial charge in [-0.05, 0) is 54.3 Å². The first kappa shape index (κ1) is 20.9. The van der Waals surface area contributed by atoms with E-state index in [1.54, 1.807) is 6.07 Å². The van der Waals surface area contributed by atoms with Gasteiger partial charge in [0.15, 0.2) is 0 Å². The molecule has 2 aromatic rings. The average molecular weight is 377 g/mol. The molecule has 0 radical (unpaired) electrons. The number of fused-ring (bicyclic) bond motifs is 1. The molecule has 144 valence electrons. The highest BCUT2D eigenvalue weighted by Crippen LogP contribution is 2.28. The normalized spacial score (nSPS) is 12.0. The molecule has 0 atom stereocenters. The highest BCUT2D eigenvalue weighted by Gasteiger charge is 2.16. The van der Waals surface area contributed by atoms with Crippen molar-refractivity contribution in [1.29, 1.82) is 0 Å². The van der Waals surface area contributed by atoms with Crippen LogP contribution in [0.25, 0.3) is 10.8 Å². The molecule has 1 N–H and O–H groups in total. The molecule has 2 aromatic carbocycles. The second kappa shape index (κ2) is 10.1. The number of unbranched alkanes of at least 4 members (excludes halogenated alkanes) is 6. The maximum Gasteiger partial charge on any atom is 0.295 e. The van der Waals surface area contributed by atoms with Gasteiger partial charge in [-0.3, -0.25) is 4.55 Å². The van der Waals surface area contributed by atoms with Crippen LogP contribution in [0.15, 0.2) is 35.2 Å². The van der Waals surface area contributed by atoms with Crippen LogP contribution in [0.2, 0.25) is 0 Å². The summed E-state index contributed by atoms with van der Waals surface area (Å²) in [6.45, 7) is 4.36. The minimum Gasteiger partial charge on any atom is -0.282 e. The smallest absolute Gasteiger partial charge is 0.282 e. The number of rotatable bonds is 11. The van der Waals surface area contributed by atoms with Crippen molar-refractivity contribution in [2.45, 2.75) is 83.0 Å². The fourth-order valence-electron chi connectivity index (χ4n) is 3.46. The van der Waals surface area contributed by atoms with Crippen molar-refractivity contribution in [2.75, 3.05) is 0 Å². The Hall–Kier alpha value is -1.39. The van der Waals surface area contributed by atoms with Gasteiger partial charge < -0.3 is 0 Å². The van der Waals surface area contributed by atoms with E-state index in [4.69, 9.17) is 0 Å². The Morgan fingerprint density at radius 2 is 1.38 bits per heavy atom. The predicted molar refractivity (Wildman–Crippen MR) is 109 cm³/mol. The van der Waals surface area contributed by atoms with Crippen molar-refractivity contribution < 1.29 is 13.0 Å². The molecule has 0 aliphatic rings. The van der Waals surface area contributed by atoms with E-state index in [1.807, 2.05) is 12.1 Å². The van der Waals surface area contributed by atoms with Gasteiger partial charge in [0.2, 0.25) is 0 Å². The van der Waals surface area contributed by atoms with Crippen LogP contribution in [-0.4, -0.2) is 13.0 Å². The number of hydrogen-bond donors (Lipinski definition) is 1. The van der Waals surface area contributed by atoms with E-state index in [-0.39, 0.29) is 4.90 Å². The summed E-state index contributed by atoms with van der Waals surface area (Å²) in [5, 5.41) is 1.53. The van der Waals surface area contributed by atoms with Crippen molar-refractivity contribution in [3.63, 3.8) is 0 Å². The van der Waals surface area contributed by atoms with Crippen LogP contribution in [-0.2, 0) is 23.0 Å². The van der Waals surface area contributed by atoms with Gasteiger partial charge in [-0.2, -0.15) is 8.42 Å². The van der Waals surface area contributed by atoms with E-state index in [9.17, 15) is 13.0 Å². The molecule has 0 heterocycles. The Balaban J connectivity index is 2.28. The van der Waals surface area contributed by atoms with Crippen molar-refractivity contribution in [3.05, 3.63) is 41.5 Å². The van der Waals surface area contributed by atoms with Gasteiger partial charge in [0, 0.05) is 5.39 Å². The molecule has 0 aliphatic carbocycles. The fourth-order valence-corrected chi connectivity index (χ4v) is 4.21. The lowest BCUT2D eigenvalue weighted by molar-refractivity contribution is 0.484. The van der Waals surface area contributed by atoms with Crippen LogP contribution in [0.3, 0.4) is 0 Å². The zero-order valence-electron chi connectivity index (χ0n) is 16.1. The van der Waals surface area contributed by atoms with Gasteiger partial charge in [0.1, 0.15) is 4.90 Å². The van der Waals surface area contributed by atoms with Crippen molar-refractivity contribution >= 4 is 20.9 Å². The molecule has 0 saturated carbocycles. The maximum atomic E-state index is 11.9. The first-order chi connectivity index (χ1) is 12.5. The van der Waals surface area contributed by atoms with Gasteiger partial charge in [-0.1, -0.05) is 70.6 Å². The minimum atomic E-state index is -4.23. The summed E-state index contributed by atoms with van der Waals surface area (Å²) < 4.78 is 33.6. The Kier molecular flexibility index (Phi) is 8.11.